The van der Waals surface area contributed by atoms with Gasteiger partial charge in [-0.1, -0.05) is 17.7 Å². The lowest BCUT2D eigenvalue weighted by atomic mass is 10.2. The van der Waals surface area contributed by atoms with Gasteiger partial charge >= 0.3 is 0 Å². The summed E-state index contributed by atoms with van der Waals surface area (Å²) in [6.07, 6.45) is 0. The minimum absolute atomic E-state index is 0.444. The van der Waals surface area contributed by atoms with Crippen molar-refractivity contribution in [3.8, 4) is 0 Å². The number of nitrogens with one attached hydrogen (secondary N) is 1. The molecule has 3 N–H and O–H groups in total. The Kier molecular flexibility index (Phi) is 3.15. The first-order chi connectivity index (χ1) is 8.06. The Labute approximate surface area is 105 Å². The minimum Gasteiger partial charge on any atom is -0.384 e. The maximum Gasteiger partial charge on any atom is 0.136 e. The van der Waals surface area contributed by atoms with Crippen molar-refractivity contribution in [2.75, 3.05) is 11.1 Å². The molecule has 0 aliphatic carbocycles. The second kappa shape index (κ2) is 4.59. The predicted octanol–water partition coefficient (Wildman–Crippen LogP) is 3.07. The molecule has 88 valence electrons. The van der Waals surface area contributed by atoms with Gasteiger partial charge in [0.25, 0.3) is 0 Å². The van der Waals surface area contributed by atoms with E-state index in [1.54, 1.807) is 13.0 Å². The Bertz CT molecular complexity index is 534. The van der Waals surface area contributed by atoms with Gasteiger partial charge in [-0.25, -0.2) is 9.97 Å². The van der Waals surface area contributed by atoms with Crippen molar-refractivity contribution >= 4 is 28.9 Å². The molecule has 0 aliphatic rings. The van der Waals surface area contributed by atoms with Crippen molar-refractivity contribution in [1.29, 1.82) is 0 Å². The van der Waals surface area contributed by atoms with E-state index in [0.29, 0.717) is 22.5 Å². The van der Waals surface area contributed by atoms with E-state index < -0.39 is 0 Å². The van der Waals surface area contributed by atoms with E-state index >= 15 is 0 Å². The average molecular weight is 249 g/mol. The van der Waals surface area contributed by atoms with Crippen molar-refractivity contribution in [2.24, 2.45) is 0 Å². The largest absolute Gasteiger partial charge is 0.384 e. The van der Waals surface area contributed by atoms with Crippen molar-refractivity contribution in [1.82, 2.24) is 9.97 Å². The molecule has 0 unspecified atom stereocenters. The highest BCUT2D eigenvalue weighted by Gasteiger charge is 2.04. The van der Waals surface area contributed by atoms with Crippen LogP contribution in [0.15, 0.2) is 24.3 Å². The van der Waals surface area contributed by atoms with Crippen molar-refractivity contribution in [2.45, 2.75) is 13.8 Å². The summed E-state index contributed by atoms with van der Waals surface area (Å²) in [4.78, 5) is 8.27. The molecule has 1 aromatic carbocycles. The van der Waals surface area contributed by atoms with Crippen LogP contribution in [-0.2, 0) is 0 Å². The van der Waals surface area contributed by atoms with Crippen LogP contribution in [0, 0.1) is 13.8 Å². The number of rotatable bonds is 2. The first-order valence-electron chi connectivity index (χ1n) is 5.19. The zero-order valence-corrected chi connectivity index (χ0v) is 10.4. The van der Waals surface area contributed by atoms with E-state index in [9.17, 15) is 0 Å². The molecule has 5 heteroatoms. The van der Waals surface area contributed by atoms with Crippen LogP contribution >= 0.6 is 11.6 Å². The van der Waals surface area contributed by atoms with Crippen LogP contribution in [0.5, 0.6) is 0 Å². The Morgan fingerprint density at radius 2 is 2.00 bits per heavy atom. The molecule has 4 nitrogen and oxygen atoms in total. The molecule has 0 radical (unpaired) electrons. The first kappa shape index (κ1) is 11.7. The van der Waals surface area contributed by atoms with Gasteiger partial charge in [0.1, 0.15) is 17.5 Å². The summed E-state index contributed by atoms with van der Waals surface area (Å²) in [6.45, 7) is 3.74. The molecule has 2 aromatic rings. The fourth-order valence-corrected chi connectivity index (χ4v) is 1.71. The number of aromatic nitrogens is 2. The molecule has 1 aromatic heterocycles. The molecule has 0 saturated heterocycles. The van der Waals surface area contributed by atoms with Gasteiger partial charge in [-0.05, 0) is 31.5 Å². The van der Waals surface area contributed by atoms with Crippen LogP contribution in [0.2, 0.25) is 5.02 Å². The maximum absolute atomic E-state index is 6.05. The third-order valence-corrected chi connectivity index (χ3v) is 2.80. The summed E-state index contributed by atoms with van der Waals surface area (Å²) in [5.74, 6) is 1.74. The molecular weight excluding hydrogens is 236 g/mol. The molecule has 0 saturated carbocycles. The number of aryl methyl sites for hydroxylation is 1. The molecule has 0 amide bonds. The second-order valence-electron chi connectivity index (χ2n) is 3.76. The van der Waals surface area contributed by atoms with Crippen LogP contribution in [-0.4, -0.2) is 9.97 Å². The first-order valence-corrected chi connectivity index (χ1v) is 5.57. The third-order valence-electron chi connectivity index (χ3n) is 2.39. The van der Waals surface area contributed by atoms with E-state index in [4.69, 9.17) is 17.3 Å². The lowest BCUT2D eigenvalue weighted by Crippen LogP contribution is -2.01. The summed E-state index contributed by atoms with van der Waals surface area (Å²) in [5, 5.41) is 3.90. The lowest BCUT2D eigenvalue weighted by Gasteiger charge is -2.10. The zero-order valence-electron chi connectivity index (χ0n) is 9.66. The third kappa shape index (κ3) is 2.65. The van der Waals surface area contributed by atoms with Crippen LogP contribution < -0.4 is 11.1 Å². The van der Waals surface area contributed by atoms with Crippen molar-refractivity contribution in [3.05, 3.63) is 40.7 Å². The molecule has 0 fully saturated rings. The SMILES string of the molecule is Cc1nc(N)cc(Nc2cccc(Cl)c2C)n1. The van der Waals surface area contributed by atoms with Gasteiger partial charge < -0.3 is 11.1 Å². The molecule has 0 aliphatic heterocycles. The summed E-state index contributed by atoms with van der Waals surface area (Å²) < 4.78 is 0. The number of halogens is 1. The molecule has 0 bridgehead atoms. The fourth-order valence-electron chi connectivity index (χ4n) is 1.54. The van der Waals surface area contributed by atoms with E-state index in [0.717, 1.165) is 11.3 Å². The van der Waals surface area contributed by atoms with Gasteiger partial charge in [0, 0.05) is 16.8 Å². The number of hydrogen-bond acceptors (Lipinski definition) is 4. The minimum atomic E-state index is 0.444. The smallest absolute Gasteiger partial charge is 0.136 e. The maximum atomic E-state index is 6.05. The quantitative estimate of drug-likeness (QED) is 0.857. The molecular formula is C12H13ClN4. The molecule has 1 heterocycles. The number of nitrogen functional groups attached to an aromatic ring is 1. The predicted molar refractivity (Wildman–Crippen MR) is 70.7 cm³/mol. The van der Waals surface area contributed by atoms with Crippen LogP contribution in [0.3, 0.4) is 0 Å². The van der Waals surface area contributed by atoms with E-state index in [1.807, 2.05) is 25.1 Å². The summed E-state index contributed by atoms with van der Waals surface area (Å²) in [6, 6.07) is 7.36. The molecule has 17 heavy (non-hydrogen) atoms. The monoisotopic (exact) mass is 248 g/mol. The Hall–Kier alpha value is -1.81. The summed E-state index contributed by atoms with van der Waals surface area (Å²) >= 11 is 6.05. The second-order valence-corrected chi connectivity index (χ2v) is 4.17. The van der Waals surface area contributed by atoms with Crippen LogP contribution in [0.4, 0.5) is 17.3 Å². The van der Waals surface area contributed by atoms with Crippen LogP contribution in [0.1, 0.15) is 11.4 Å². The van der Waals surface area contributed by atoms with Crippen LogP contribution in [0.25, 0.3) is 0 Å². The van der Waals surface area contributed by atoms with Gasteiger partial charge in [-0.15, -0.1) is 0 Å². The Morgan fingerprint density at radius 1 is 1.24 bits per heavy atom. The van der Waals surface area contributed by atoms with E-state index in [1.165, 1.54) is 0 Å². The van der Waals surface area contributed by atoms with Gasteiger partial charge in [0.2, 0.25) is 0 Å². The van der Waals surface area contributed by atoms with E-state index in [-0.39, 0.29) is 0 Å². The number of nitrogens with two attached hydrogens (primary N) is 1. The average Bonchev–Trinajstić information content (AvgIpc) is 2.23. The number of nitrogens with zero attached hydrogens (tertiary/aromatic N) is 2. The number of benzene rings is 1. The van der Waals surface area contributed by atoms with E-state index in [2.05, 4.69) is 15.3 Å². The normalized spacial score (nSPS) is 10.3. The number of hydrogen-bond donors (Lipinski definition) is 2. The number of anilines is 3. The highest BCUT2D eigenvalue weighted by Crippen LogP contribution is 2.25. The highest BCUT2D eigenvalue weighted by atomic mass is 35.5. The summed E-state index contributed by atoms with van der Waals surface area (Å²) in [5.41, 5.74) is 7.55. The van der Waals surface area contributed by atoms with Crippen molar-refractivity contribution in [3.63, 3.8) is 0 Å². The Balaban J connectivity index is 2.34. The lowest BCUT2D eigenvalue weighted by molar-refractivity contribution is 1.06. The van der Waals surface area contributed by atoms with Gasteiger partial charge in [0.15, 0.2) is 0 Å². The van der Waals surface area contributed by atoms with Gasteiger partial charge in [-0.3, -0.25) is 0 Å². The standard InChI is InChI=1S/C12H13ClN4/c1-7-9(13)4-3-5-10(7)17-12-6-11(14)15-8(2)16-12/h3-6H,1-2H3,(H3,14,15,16,17). The molecule has 0 atom stereocenters. The zero-order chi connectivity index (χ0) is 12.4. The highest BCUT2D eigenvalue weighted by molar-refractivity contribution is 6.31. The summed E-state index contributed by atoms with van der Waals surface area (Å²) in [7, 11) is 0. The van der Waals surface area contributed by atoms with Crippen molar-refractivity contribution < 1.29 is 0 Å². The fraction of sp³-hybridized carbons (Fsp3) is 0.167. The Morgan fingerprint density at radius 3 is 2.71 bits per heavy atom. The van der Waals surface area contributed by atoms with Gasteiger partial charge in [-0.2, -0.15) is 0 Å². The topological polar surface area (TPSA) is 63.8 Å². The van der Waals surface area contributed by atoms with Gasteiger partial charge in [0.05, 0.1) is 0 Å². The molecule has 2 rings (SSSR count). The molecule has 0 spiro atoms.